The van der Waals surface area contributed by atoms with Crippen LogP contribution in [0.25, 0.3) is 0 Å². The maximum absolute atomic E-state index is 12.9. The maximum Gasteiger partial charge on any atom is 0.236 e. The minimum Gasteiger partial charge on any atom is -0.326 e. The lowest BCUT2D eigenvalue weighted by molar-refractivity contribution is -0.125. The van der Waals surface area contributed by atoms with E-state index in [4.69, 9.17) is 5.26 Å². The van der Waals surface area contributed by atoms with Gasteiger partial charge in [-0.2, -0.15) is 5.26 Å². The number of nitriles is 1. The van der Waals surface area contributed by atoms with Gasteiger partial charge in [-0.3, -0.25) is 9.59 Å². The van der Waals surface area contributed by atoms with Crippen LogP contribution < -0.4 is 10.2 Å². The molecule has 0 saturated heterocycles. The van der Waals surface area contributed by atoms with Gasteiger partial charge in [-0.1, -0.05) is 0 Å². The van der Waals surface area contributed by atoms with Crippen LogP contribution in [0.4, 0.5) is 15.8 Å². The number of amides is 2. The van der Waals surface area contributed by atoms with E-state index in [2.05, 4.69) is 5.32 Å². The highest BCUT2D eigenvalue weighted by atomic mass is 19.1. The topological polar surface area (TPSA) is 73.2 Å². The van der Waals surface area contributed by atoms with Gasteiger partial charge in [0.25, 0.3) is 0 Å². The van der Waals surface area contributed by atoms with Crippen LogP contribution in [0.3, 0.4) is 0 Å². The molecule has 0 unspecified atom stereocenters. The van der Waals surface area contributed by atoms with Crippen molar-refractivity contribution < 1.29 is 14.0 Å². The molecule has 0 aliphatic rings. The zero-order chi connectivity index (χ0) is 16.8. The van der Waals surface area contributed by atoms with Gasteiger partial charge in [-0.05, 0) is 48.5 Å². The molecule has 1 N–H and O–H groups in total. The first-order valence-corrected chi connectivity index (χ1v) is 6.82. The third-order valence-corrected chi connectivity index (χ3v) is 3.20. The van der Waals surface area contributed by atoms with Crippen molar-refractivity contribution in [2.24, 2.45) is 0 Å². The van der Waals surface area contributed by atoms with E-state index in [-0.39, 0.29) is 6.42 Å². The minimum atomic E-state index is -0.464. The van der Waals surface area contributed by atoms with E-state index in [1.54, 1.807) is 24.3 Å². The summed E-state index contributed by atoms with van der Waals surface area (Å²) in [4.78, 5) is 25.2. The number of hydrogen-bond acceptors (Lipinski definition) is 3. The molecule has 0 aliphatic heterocycles. The summed E-state index contributed by atoms with van der Waals surface area (Å²) < 4.78 is 12.9. The third-order valence-electron chi connectivity index (χ3n) is 3.20. The summed E-state index contributed by atoms with van der Waals surface area (Å²) in [5.74, 6) is -1.27. The van der Waals surface area contributed by atoms with Crippen LogP contribution in [-0.4, -0.2) is 18.9 Å². The number of carbonyl (C=O) groups is 2. The van der Waals surface area contributed by atoms with Gasteiger partial charge in [-0.15, -0.1) is 0 Å². The molecule has 0 bridgehead atoms. The van der Waals surface area contributed by atoms with Gasteiger partial charge in [0.1, 0.15) is 12.2 Å². The van der Waals surface area contributed by atoms with Crippen molar-refractivity contribution in [1.29, 1.82) is 5.26 Å². The molecule has 0 heterocycles. The Kier molecular flexibility index (Phi) is 5.05. The molecule has 0 radical (unpaired) electrons. The van der Waals surface area contributed by atoms with Gasteiger partial charge >= 0.3 is 0 Å². The van der Waals surface area contributed by atoms with Crippen LogP contribution >= 0.6 is 0 Å². The number of rotatable bonds is 4. The number of nitrogens with zero attached hydrogens (tertiary/aromatic N) is 2. The third kappa shape index (κ3) is 4.38. The summed E-state index contributed by atoms with van der Waals surface area (Å²) >= 11 is 0. The Labute approximate surface area is 133 Å². The first kappa shape index (κ1) is 16.2. The lowest BCUT2D eigenvalue weighted by Crippen LogP contribution is -2.30. The predicted octanol–water partition coefficient (Wildman–Crippen LogP) is 2.69. The molecular formula is C17H14FN3O2. The standard InChI is InChI=1S/C17H14FN3O2/c1-21(15-8-4-13(18)5-9-15)17(23)10-16(22)20-14-6-2-12(11-19)3-7-14/h2-9H,10H2,1H3,(H,20,22). The predicted molar refractivity (Wildman–Crippen MR) is 84.2 cm³/mol. The molecule has 0 saturated carbocycles. The molecule has 2 rings (SSSR count). The Morgan fingerprint density at radius 1 is 1.13 bits per heavy atom. The molecule has 23 heavy (non-hydrogen) atoms. The number of anilines is 2. The first-order valence-electron chi connectivity index (χ1n) is 6.82. The van der Waals surface area contributed by atoms with Crippen molar-refractivity contribution in [2.75, 3.05) is 17.3 Å². The lowest BCUT2D eigenvalue weighted by Gasteiger charge is -2.17. The number of carbonyl (C=O) groups excluding carboxylic acids is 2. The van der Waals surface area contributed by atoms with Gasteiger partial charge in [0, 0.05) is 18.4 Å². The van der Waals surface area contributed by atoms with E-state index in [1.807, 2.05) is 6.07 Å². The van der Waals surface area contributed by atoms with E-state index >= 15 is 0 Å². The fourth-order valence-electron chi connectivity index (χ4n) is 1.90. The molecule has 0 aromatic heterocycles. The minimum absolute atomic E-state index is 0.339. The van der Waals surface area contributed by atoms with Crippen LogP contribution in [0, 0.1) is 17.1 Å². The zero-order valence-corrected chi connectivity index (χ0v) is 12.4. The second-order valence-electron chi connectivity index (χ2n) is 4.84. The van der Waals surface area contributed by atoms with Crippen LogP contribution in [0.15, 0.2) is 48.5 Å². The van der Waals surface area contributed by atoms with Crippen molar-refractivity contribution in [3.63, 3.8) is 0 Å². The number of nitrogens with one attached hydrogen (secondary N) is 1. The molecule has 2 aromatic rings. The summed E-state index contributed by atoms with van der Waals surface area (Å²) in [5, 5.41) is 11.3. The van der Waals surface area contributed by atoms with Crippen molar-refractivity contribution in [3.8, 4) is 6.07 Å². The van der Waals surface area contributed by atoms with Crippen LogP contribution in [-0.2, 0) is 9.59 Å². The molecular weight excluding hydrogens is 297 g/mol. The van der Waals surface area contributed by atoms with Gasteiger partial charge in [0.2, 0.25) is 11.8 Å². The summed E-state index contributed by atoms with van der Waals surface area (Å²) in [6.07, 6.45) is -0.339. The Morgan fingerprint density at radius 2 is 1.74 bits per heavy atom. The van der Waals surface area contributed by atoms with Crippen molar-refractivity contribution in [3.05, 3.63) is 59.9 Å². The highest BCUT2D eigenvalue weighted by molar-refractivity contribution is 6.08. The quantitative estimate of drug-likeness (QED) is 0.882. The Balaban J connectivity index is 1.94. The van der Waals surface area contributed by atoms with Crippen molar-refractivity contribution >= 4 is 23.2 Å². The van der Waals surface area contributed by atoms with Gasteiger partial charge in [-0.25, -0.2) is 4.39 Å². The number of benzene rings is 2. The molecule has 0 aliphatic carbocycles. The molecule has 0 fully saturated rings. The lowest BCUT2D eigenvalue weighted by atomic mass is 10.2. The van der Waals surface area contributed by atoms with E-state index < -0.39 is 17.6 Å². The first-order chi connectivity index (χ1) is 11.0. The van der Waals surface area contributed by atoms with E-state index in [0.717, 1.165) is 0 Å². The van der Waals surface area contributed by atoms with Crippen LogP contribution in [0.5, 0.6) is 0 Å². The number of halogens is 1. The molecule has 0 spiro atoms. The summed E-state index contributed by atoms with van der Waals surface area (Å²) in [5.41, 5.74) is 1.49. The Hall–Kier alpha value is -3.20. The average Bonchev–Trinajstić information content (AvgIpc) is 2.55. The molecule has 2 aromatic carbocycles. The highest BCUT2D eigenvalue weighted by Gasteiger charge is 2.15. The Bertz CT molecular complexity index is 749. The van der Waals surface area contributed by atoms with E-state index in [0.29, 0.717) is 16.9 Å². The molecule has 6 heteroatoms. The van der Waals surface area contributed by atoms with Gasteiger partial charge in [0.15, 0.2) is 0 Å². The average molecular weight is 311 g/mol. The summed E-state index contributed by atoms with van der Waals surface area (Å²) in [7, 11) is 1.52. The van der Waals surface area contributed by atoms with Crippen LogP contribution in [0.1, 0.15) is 12.0 Å². The smallest absolute Gasteiger partial charge is 0.236 e. The zero-order valence-electron chi connectivity index (χ0n) is 12.4. The molecule has 5 nitrogen and oxygen atoms in total. The second kappa shape index (κ2) is 7.18. The molecule has 0 atom stereocenters. The molecule has 116 valence electrons. The second-order valence-corrected chi connectivity index (χ2v) is 4.84. The highest BCUT2D eigenvalue weighted by Crippen LogP contribution is 2.15. The van der Waals surface area contributed by atoms with E-state index in [9.17, 15) is 14.0 Å². The summed E-state index contributed by atoms with van der Waals surface area (Å²) in [6, 6.07) is 13.7. The normalized spacial score (nSPS) is 9.78. The van der Waals surface area contributed by atoms with Crippen molar-refractivity contribution in [2.45, 2.75) is 6.42 Å². The number of hydrogen-bond donors (Lipinski definition) is 1. The maximum atomic E-state index is 12.9. The molecule has 2 amide bonds. The monoisotopic (exact) mass is 311 g/mol. The fourth-order valence-corrected chi connectivity index (χ4v) is 1.90. The van der Waals surface area contributed by atoms with Gasteiger partial charge < -0.3 is 10.2 Å². The Morgan fingerprint density at radius 3 is 2.30 bits per heavy atom. The van der Waals surface area contributed by atoms with Crippen molar-refractivity contribution in [1.82, 2.24) is 0 Å². The van der Waals surface area contributed by atoms with E-state index in [1.165, 1.54) is 36.2 Å². The summed E-state index contributed by atoms with van der Waals surface area (Å²) in [6.45, 7) is 0. The van der Waals surface area contributed by atoms with Crippen LogP contribution in [0.2, 0.25) is 0 Å². The van der Waals surface area contributed by atoms with Gasteiger partial charge in [0.05, 0.1) is 11.6 Å². The largest absolute Gasteiger partial charge is 0.326 e. The fraction of sp³-hybridized carbons (Fsp3) is 0.118. The SMILES string of the molecule is CN(C(=O)CC(=O)Nc1ccc(C#N)cc1)c1ccc(F)cc1.